The molecule has 0 fully saturated rings. The van der Waals surface area contributed by atoms with Crippen LogP contribution < -0.4 is 0 Å². The first-order chi connectivity index (χ1) is 5.86. The van der Waals surface area contributed by atoms with Gasteiger partial charge in [-0.15, -0.1) is 0 Å². The van der Waals surface area contributed by atoms with Gasteiger partial charge in [0.15, 0.2) is 0 Å². The first-order valence-electron chi connectivity index (χ1n) is 3.50. The van der Waals surface area contributed by atoms with Crippen LogP contribution >= 0.6 is 11.8 Å². The summed E-state index contributed by atoms with van der Waals surface area (Å²) in [5.41, 5.74) is 1.27. The van der Waals surface area contributed by atoms with Gasteiger partial charge in [-0.05, 0) is 0 Å². The Hall–Kier alpha value is -0.421. The second kappa shape index (κ2) is 5.26. The zero-order chi connectivity index (χ0) is 8.81. The zero-order valence-corrected chi connectivity index (χ0v) is 9.31. The van der Waals surface area contributed by atoms with Gasteiger partial charge in [0.05, 0.1) is 0 Å². The molecule has 0 aliphatic heterocycles. The van der Waals surface area contributed by atoms with Crippen molar-refractivity contribution in [2.75, 3.05) is 6.26 Å². The Morgan fingerprint density at radius 1 is 1.42 bits per heavy atom. The molecule has 62 valence electrons. The molecule has 3 heteroatoms. The number of hydrogen-bond donors (Lipinski definition) is 0. The molecule has 1 aromatic carbocycles. The molecule has 12 heavy (non-hydrogen) atoms. The molecular formula is C9H9NSSe. The monoisotopic (exact) mass is 243 g/mol. The average molecular weight is 242 g/mol. The summed E-state index contributed by atoms with van der Waals surface area (Å²) in [5, 5.41) is 9.33. The Bertz CT molecular complexity index is 276. The van der Waals surface area contributed by atoms with Gasteiger partial charge in [0, 0.05) is 0 Å². The molecule has 1 nitrogen and oxygen atoms in total. The molecule has 0 aromatic heterocycles. The van der Waals surface area contributed by atoms with Crippen molar-refractivity contribution < 1.29 is 0 Å². The summed E-state index contributed by atoms with van der Waals surface area (Å²) in [5.74, 6) is 0. The van der Waals surface area contributed by atoms with Crippen LogP contribution in [-0.2, 0) is 5.32 Å². The third kappa shape index (κ3) is 2.91. The van der Waals surface area contributed by atoms with Crippen molar-refractivity contribution in [3.63, 3.8) is 0 Å². The predicted octanol–water partition coefficient (Wildman–Crippen LogP) is 2.09. The predicted molar refractivity (Wildman–Crippen MR) is 53.3 cm³/mol. The van der Waals surface area contributed by atoms with Crippen LogP contribution in [-0.4, -0.2) is 21.2 Å². The number of nitriles is 1. The SMILES string of the molecule is CSc1ccc(C[Se]C#N)cc1. The van der Waals surface area contributed by atoms with Crippen molar-refractivity contribution >= 4 is 26.7 Å². The fraction of sp³-hybridized carbons (Fsp3) is 0.222. The molecule has 0 saturated heterocycles. The summed E-state index contributed by atoms with van der Waals surface area (Å²) < 4.78 is 0. The third-order valence-electron chi connectivity index (χ3n) is 1.46. The molecule has 0 saturated carbocycles. The molecule has 1 rings (SSSR count). The fourth-order valence-electron chi connectivity index (χ4n) is 0.837. The van der Waals surface area contributed by atoms with Crippen molar-refractivity contribution in [1.82, 2.24) is 0 Å². The van der Waals surface area contributed by atoms with Gasteiger partial charge in [0.2, 0.25) is 0 Å². The van der Waals surface area contributed by atoms with Crippen molar-refractivity contribution in [3.8, 4) is 4.97 Å². The Morgan fingerprint density at radius 3 is 2.58 bits per heavy atom. The average Bonchev–Trinajstić information content (AvgIpc) is 2.15. The first-order valence-corrected chi connectivity index (χ1v) is 6.80. The van der Waals surface area contributed by atoms with Crippen LogP contribution in [0.1, 0.15) is 5.56 Å². The van der Waals surface area contributed by atoms with E-state index in [4.69, 9.17) is 5.26 Å². The van der Waals surface area contributed by atoms with E-state index in [9.17, 15) is 0 Å². The maximum atomic E-state index is 8.40. The third-order valence-corrected chi connectivity index (χ3v) is 3.48. The standard InChI is InChI=1S/C9H9NSSe/c1-11-9-4-2-8(3-5-9)6-12-7-10/h2-5H,6H2,1H3. The molecule has 0 unspecified atom stereocenters. The molecule has 0 N–H and O–H groups in total. The molecule has 0 aliphatic rings. The van der Waals surface area contributed by atoms with E-state index < -0.39 is 0 Å². The van der Waals surface area contributed by atoms with Crippen LogP contribution in [0, 0.1) is 10.2 Å². The molecule has 0 spiro atoms. The molecule has 1 aromatic rings. The fourth-order valence-corrected chi connectivity index (χ4v) is 2.13. The Balaban J connectivity index is 2.60. The van der Waals surface area contributed by atoms with E-state index in [1.807, 2.05) is 0 Å². The summed E-state index contributed by atoms with van der Waals surface area (Å²) in [6.45, 7) is 0. The number of hydrogen-bond acceptors (Lipinski definition) is 2. The number of benzene rings is 1. The van der Waals surface area contributed by atoms with Gasteiger partial charge < -0.3 is 0 Å². The van der Waals surface area contributed by atoms with Gasteiger partial charge in [0.1, 0.15) is 0 Å². The van der Waals surface area contributed by atoms with Gasteiger partial charge in [0.25, 0.3) is 0 Å². The minimum atomic E-state index is 0.112. The van der Waals surface area contributed by atoms with Crippen LogP contribution in [0.15, 0.2) is 29.2 Å². The molecule has 0 radical (unpaired) electrons. The molecule has 0 aliphatic carbocycles. The topological polar surface area (TPSA) is 23.8 Å². The van der Waals surface area contributed by atoms with Crippen molar-refractivity contribution in [3.05, 3.63) is 29.8 Å². The van der Waals surface area contributed by atoms with E-state index in [0.29, 0.717) is 0 Å². The van der Waals surface area contributed by atoms with Gasteiger partial charge in [-0.25, -0.2) is 0 Å². The van der Waals surface area contributed by atoms with Gasteiger partial charge in [-0.1, -0.05) is 0 Å². The Morgan fingerprint density at radius 2 is 2.08 bits per heavy atom. The zero-order valence-electron chi connectivity index (χ0n) is 6.78. The van der Waals surface area contributed by atoms with E-state index in [1.165, 1.54) is 10.5 Å². The van der Waals surface area contributed by atoms with Crippen molar-refractivity contribution in [2.45, 2.75) is 10.2 Å². The van der Waals surface area contributed by atoms with Gasteiger partial charge in [-0.3, -0.25) is 0 Å². The van der Waals surface area contributed by atoms with Crippen molar-refractivity contribution in [2.24, 2.45) is 0 Å². The summed E-state index contributed by atoms with van der Waals surface area (Å²) in [7, 11) is 0. The number of thioether (sulfide) groups is 1. The summed E-state index contributed by atoms with van der Waals surface area (Å²) >= 11 is 1.85. The van der Waals surface area contributed by atoms with Crippen LogP contribution in [0.2, 0.25) is 0 Å². The van der Waals surface area contributed by atoms with Gasteiger partial charge in [-0.2, -0.15) is 0 Å². The number of rotatable bonds is 3. The maximum absolute atomic E-state index is 8.40. The normalized spacial score (nSPS) is 9.33. The van der Waals surface area contributed by atoms with Crippen LogP contribution in [0.3, 0.4) is 0 Å². The second-order valence-electron chi connectivity index (χ2n) is 2.23. The van der Waals surface area contributed by atoms with E-state index >= 15 is 0 Å². The van der Waals surface area contributed by atoms with Crippen molar-refractivity contribution in [1.29, 1.82) is 5.26 Å². The van der Waals surface area contributed by atoms with E-state index in [-0.39, 0.29) is 15.0 Å². The summed E-state index contributed by atoms with van der Waals surface area (Å²) in [4.78, 5) is 3.48. The number of nitrogens with zero attached hydrogens (tertiary/aromatic N) is 1. The van der Waals surface area contributed by atoms with E-state index in [0.717, 1.165) is 5.32 Å². The summed E-state index contributed by atoms with van der Waals surface area (Å²) in [6.07, 6.45) is 2.06. The van der Waals surface area contributed by atoms with Gasteiger partial charge >= 0.3 is 83.2 Å². The second-order valence-corrected chi connectivity index (χ2v) is 4.70. The van der Waals surface area contributed by atoms with Crippen LogP contribution in [0.4, 0.5) is 0 Å². The minimum absolute atomic E-state index is 0.112. The Labute approximate surface area is 83.3 Å². The van der Waals surface area contributed by atoms with Crippen LogP contribution in [0.5, 0.6) is 0 Å². The quantitative estimate of drug-likeness (QED) is 0.598. The van der Waals surface area contributed by atoms with Crippen LogP contribution in [0.25, 0.3) is 0 Å². The first kappa shape index (κ1) is 9.67. The van der Waals surface area contributed by atoms with E-state index in [2.05, 4.69) is 35.5 Å². The Kier molecular flexibility index (Phi) is 4.24. The molecular weight excluding hydrogens is 233 g/mol. The molecule has 0 atom stereocenters. The summed E-state index contributed by atoms with van der Waals surface area (Å²) in [6, 6.07) is 8.41. The van der Waals surface area contributed by atoms with E-state index in [1.54, 1.807) is 11.8 Å². The molecule has 0 heterocycles. The molecule has 0 amide bonds. The molecule has 0 bridgehead atoms.